The monoisotopic (exact) mass is 380 g/mol. The van der Waals surface area contributed by atoms with Crippen LogP contribution < -0.4 is 0 Å². The fourth-order valence-corrected chi connectivity index (χ4v) is 3.52. The van der Waals surface area contributed by atoms with Crippen molar-refractivity contribution in [3.8, 4) is 0 Å². The molecule has 2 aliphatic rings. The standard InChI is InChI=1S/C22H36O5/c1-2-21(23)26-17-9-4-3-8-16-25-19-12-14-20(15-13-19)27-22(24)18-10-6-5-7-11-18/h2,12,14,18,21-24H,1,3-11,13,15-17H2. The molecular formula is C22H36O5. The molecule has 1 fully saturated rings. The number of aliphatic hydroxyl groups excluding tert-OH is 2. The molecule has 0 spiro atoms. The quantitative estimate of drug-likeness (QED) is 0.278. The van der Waals surface area contributed by atoms with Crippen LogP contribution in [0, 0.1) is 5.92 Å². The van der Waals surface area contributed by atoms with E-state index in [-0.39, 0.29) is 5.92 Å². The third-order valence-corrected chi connectivity index (χ3v) is 5.21. The predicted octanol–water partition coefficient (Wildman–Crippen LogP) is 4.56. The Balaban J connectivity index is 1.53. The molecule has 0 bridgehead atoms. The van der Waals surface area contributed by atoms with E-state index in [1.807, 2.05) is 12.2 Å². The van der Waals surface area contributed by atoms with Crippen LogP contribution >= 0.6 is 0 Å². The number of hydrogen-bond donors (Lipinski definition) is 2. The lowest BCUT2D eigenvalue weighted by molar-refractivity contribution is -0.114. The lowest BCUT2D eigenvalue weighted by atomic mass is 9.89. The van der Waals surface area contributed by atoms with Crippen LogP contribution in [0.25, 0.3) is 0 Å². The normalized spacial score (nSPS) is 20.4. The fraction of sp³-hybridized carbons (Fsp3) is 0.727. The topological polar surface area (TPSA) is 68.2 Å². The number of rotatable bonds is 13. The second-order valence-electron chi connectivity index (χ2n) is 7.43. The first-order valence-corrected chi connectivity index (χ1v) is 10.5. The highest BCUT2D eigenvalue weighted by Crippen LogP contribution is 2.29. The number of allylic oxidation sites excluding steroid dienone is 4. The largest absolute Gasteiger partial charge is 0.498 e. The van der Waals surface area contributed by atoms with E-state index in [2.05, 4.69) is 6.58 Å². The summed E-state index contributed by atoms with van der Waals surface area (Å²) in [6.45, 7) is 4.74. The van der Waals surface area contributed by atoms with Crippen LogP contribution in [-0.4, -0.2) is 36.0 Å². The SMILES string of the molecule is C=CC(O)OCCCCCCOC1=CC=C(OC(O)C2CCCCC2)CC1. The Morgan fingerprint density at radius 2 is 1.63 bits per heavy atom. The molecular weight excluding hydrogens is 344 g/mol. The molecule has 0 aromatic rings. The minimum atomic E-state index is -0.850. The molecule has 0 aliphatic heterocycles. The maximum atomic E-state index is 10.3. The van der Waals surface area contributed by atoms with Crippen molar-refractivity contribution in [1.29, 1.82) is 0 Å². The van der Waals surface area contributed by atoms with Crippen LogP contribution in [0.5, 0.6) is 0 Å². The van der Waals surface area contributed by atoms with Crippen molar-refractivity contribution >= 4 is 0 Å². The van der Waals surface area contributed by atoms with Crippen molar-refractivity contribution in [2.45, 2.75) is 83.2 Å². The van der Waals surface area contributed by atoms with Crippen LogP contribution in [0.1, 0.15) is 70.6 Å². The minimum Gasteiger partial charge on any atom is -0.498 e. The van der Waals surface area contributed by atoms with Gasteiger partial charge in [0.15, 0.2) is 12.6 Å². The molecule has 1 saturated carbocycles. The van der Waals surface area contributed by atoms with Gasteiger partial charge in [-0.25, -0.2) is 0 Å². The molecule has 2 aliphatic carbocycles. The summed E-state index contributed by atoms with van der Waals surface area (Å²) in [7, 11) is 0. The van der Waals surface area contributed by atoms with Crippen LogP contribution in [0.2, 0.25) is 0 Å². The Kier molecular flexibility index (Phi) is 10.6. The average Bonchev–Trinajstić information content (AvgIpc) is 2.71. The van der Waals surface area contributed by atoms with Gasteiger partial charge >= 0.3 is 0 Å². The first-order valence-electron chi connectivity index (χ1n) is 10.5. The van der Waals surface area contributed by atoms with Gasteiger partial charge in [0.1, 0.15) is 5.76 Å². The fourth-order valence-electron chi connectivity index (χ4n) is 3.52. The summed E-state index contributed by atoms with van der Waals surface area (Å²) >= 11 is 0. The summed E-state index contributed by atoms with van der Waals surface area (Å²) in [5.74, 6) is 2.14. The molecule has 0 aromatic carbocycles. The summed E-state index contributed by atoms with van der Waals surface area (Å²) in [5.41, 5.74) is 0. The Bertz CT molecular complexity index is 479. The molecule has 2 atom stereocenters. The van der Waals surface area contributed by atoms with E-state index in [0.29, 0.717) is 6.61 Å². The second-order valence-corrected chi connectivity index (χ2v) is 7.43. The second kappa shape index (κ2) is 13.0. The summed E-state index contributed by atoms with van der Waals surface area (Å²) in [6.07, 6.45) is 15.3. The van der Waals surface area contributed by atoms with E-state index in [0.717, 1.165) is 69.5 Å². The Hall–Kier alpha value is -1.30. The zero-order valence-electron chi connectivity index (χ0n) is 16.5. The molecule has 0 saturated heterocycles. The maximum absolute atomic E-state index is 10.3. The van der Waals surface area contributed by atoms with Gasteiger partial charge in [-0.1, -0.05) is 32.3 Å². The lowest BCUT2D eigenvalue weighted by Gasteiger charge is -2.28. The summed E-state index contributed by atoms with van der Waals surface area (Å²) in [5, 5.41) is 19.4. The van der Waals surface area contributed by atoms with Crippen molar-refractivity contribution < 1.29 is 24.4 Å². The zero-order chi connectivity index (χ0) is 19.3. The van der Waals surface area contributed by atoms with Crippen molar-refractivity contribution in [1.82, 2.24) is 0 Å². The van der Waals surface area contributed by atoms with Crippen LogP contribution in [-0.2, 0) is 14.2 Å². The van der Waals surface area contributed by atoms with E-state index in [1.165, 1.54) is 25.3 Å². The van der Waals surface area contributed by atoms with Gasteiger partial charge in [0.25, 0.3) is 0 Å². The van der Waals surface area contributed by atoms with Gasteiger partial charge in [0.2, 0.25) is 0 Å². The van der Waals surface area contributed by atoms with Crippen LogP contribution in [0.15, 0.2) is 36.3 Å². The van der Waals surface area contributed by atoms with Gasteiger partial charge in [-0.3, -0.25) is 0 Å². The van der Waals surface area contributed by atoms with Crippen LogP contribution in [0.4, 0.5) is 0 Å². The Labute approximate surface area is 163 Å². The first kappa shape index (κ1) is 22.0. The smallest absolute Gasteiger partial charge is 0.199 e. The van der Waals surface area contributed by atoms with E-state index in [9.17, 15) is 10.2 Å². The van der Waals surface area contributed by atoms with E-state index in [4.69, 9.17) is 14.2 Å². The number of hydrogen-bond acceptors (Lipinski definition) is 5. The van der Waals surface area contributed by atoms with E-state index < -0.39 is 12.6 Å². The number of unbranched alkanes of at least 4 members (excludes halogenated alkanes) is 3. The third kappa shape index (κ3) is 8.96. The van der Waals surface area contributed by atoms with Gasteiger partial charge in [0.05, 0.1) is 19.0 Å². The van der Waals surface area contributed by atoms with Gasteiger partial charge < -0.3 is 24.4 Å². The van der Waals surface area contributed by atoms with Gasteiger partial charge in [-0.2, -0.15) is 0 Å². The molecule has 27 heavy (non-hydrogen) atoms. The molecule has 0 radical (unpaired) electrons. The highest BCUT2D eigenvalue weighted by atomic mass is 16.6. The van der Waals surface area contributed by atoms with E-state index >= 15 is 0 Å². The van der Waals surface area contributed by atoms with Gasteiger partial charge in [-0.15, -0.1) is 0 Å². The highest BCUT2D eigenvalue weighted by molar-refractivity contribution is 5.17. The lowest BCUT2D eigenvalue weighted by Crippen LogP contribution is -2.25. The van der Waals surface area contributed by atoms with Gasteiger partial charge in [-0.05, 0) is 50.3 Å². The summed E-state index contributed by atoms with van der Waals surface area (Å²) in [6, 6.07) is 0. The van der Waals surface area contributed by atoms with Crippen molar-refractivity contribution in [2.75, 3.05) is 13.2 Å². The molecule has 2 unspecified atom stereocenters. The van der Waals surface area contributed by atoms with Gasteiger partial charge in [0, 0.05) is 18.8 Å². The molecule has 154 valence electrons. The molecule has 5 nitrogen and oxygen atoms in total. The summed E-state index contributed by atoms with van der Waals surface area (Å²) < 4.78 is 16.7. The van der Waals surface area contributed by atoms with E-state index in [1.54, 1.807) is 0 Å². The zero-order valence-corrected chi connectivity index (χ0v) is 16.5. The average molecular weight is 381 g/mol. The number of aliphatic hydroxyl groups is 2. The van der Waals surface area contributed by atoms with Crippen LogP contribution in [0.3, 0.4) is 0 Å². The molecule has 0 amide bonds. The third-order valence-electron chi connectivity index (χ3n) is 5.21. The molecule has 0 aromatic heterocycles. The summed E-state index contributed by atoms with van der Waals surface area (Å²) in [4.78, 5) is 0. The minimum absolute atomic E-state index is 0.284. The first-order chi connectivity index (χ1) is 13.2. The molecule has 5 heteroatoms. The number of ether oxygens (including phenoxy) is 3. The van der Waals surface area contributed by atoms with Crippen molar-refractivity contribution in [3.05, 3.63) is 36.3 Å². The Morgan fingerprint density at radius 3 is 2.30 bits per heavy atom. The predicted molar refractivity (Wildman–Crippen MR) is 106 cm³/mol. The molecule has 2 rings (SSSR count). The molecule has 2 N–H and O–H groups in total. The highest BCUT2D eigenvalue weighted by Gasteiger charge is 2.24. The maximum Gasteiger partial charge on any atom is 0.199 e. The Morgan fingerprint density at radius 1 is 0.963 bits per heavy atom. The van der Waals surface area contributed by atoms with Crippen molar-refractivity contribution in [2.24, 2.45) is 5.92 Å². The molecule has 0 heterocycles. The van der Waals surface area contributed by atoms with Crippen molar-refractivity contribution in [3.63, 3.8) is 0 Å².